The van der Waals surface area contributed by atoms with E-state index in [0.29, 0.717) is 12.5 Å². The van der Waals surface area contributed by atoms with Gasteiger partial charge in [0, 0.05) is 18.6 Å². The Morgan fingerprint density at radius 1 is 1.44 bits per heavy atom. The monoisotopic (exact) mass is 226 g/mol. The van der Waals surface area contributed by atoms with Crippen molar-refractivity contribution in [3.05, 3.63) is 0 Å². The predicted octanol–water partition coefficient (Wildman–Crippen LogP) is 1.74. The summed E-state index contributed by atoms with van der Waals surface area (Å²) in [5.41, 5.74) is 6.41. The van der Waals surface area contributed by atoms with Crippen LogP contribution in [0.25, 0.3) is 0 Å². The number of piperidine rings is 1. The van der Waals surface area contributed by atoms with Crippen LogP contribution in [-0.4, -0.2) is 36.2 Å². The van der Waals surface area contributed by atoms with Gasteiger partial charge < -0.3 is 15.4 Å². The van der Waals surface area contributed by atoms with Crippen molar-refractivity contribution < 1.29 is 9.53 Å². The fourth-order valence-electron chi connectivity index (χ4n) is 2.85. The van der Waals surface area contributed by atoms with Crippen LogP contribution in [0.3, 0.4) is 0 Å². The summed E-state index contributed by atoms with van der Waals surface area (Å²) in [7, 11) is 0. The molecule has 0 spiro atoms. The summed E-state index contributed by atoms with van der Waals surface area (Å²) in [6.07, 6.45) is 5.51. The summed E-state index contributed by atoms with van der Waals surface area (Å²) in [5.74, 6) is 0.604. The molecular weight excluding hydrogens is 204 g/mol. The van der Waals surface area contributed by atoms with Crippen molar-refractivity contribution in [1.29, 1.82) is 0 Å². The lowest BCUT2D eigenvalue weighted by molar-refractivity contribution is 0.0607. The normalized spacial score (nSPS) is 25.0. The average molecular weight is 226 g/mol. The second kappa shape index (κ2) is 4.62. The molecule has 1 aliphatic heterocycles. The summed E-state index contributed by atoms with van der Waals surface area (Å²) in [6.45, 7) is 3.92. The van der Waals surface area contributed by atoms with Gasteiger partial charge in [-0.05, 0) is 44.9 Å². The lowest BCUT2D eigenvalue weighted by Gasteiger charge is -2.47. The van der Waals surface area contributed by atoms with E-state index in [1.165, 1.54) is 6.42 Å². The van der Waals surface area contributed by atoms with Crippen LogP contribution in [0.5, 0.6) is 0 Å². The van der Waals surface area contributed by atoms with Crippen LogP contribution < -0.4 is 5.73 Å². The molecule has 0 aromatic carbocycles. The molecule has 1 amide bonds. The third kappa shape index (κ3) is 2.17. The largest absolute Gasteiger partial charge is 0.450 e. The topological polar surface area (TPSA) is 55.6 Å². The highest BCUT2D eigenvalue weighted by Gasteiger charge is 2.41. The van der Waals surface area contributed by atoms with Crippen molar-refractivity contribution in [2.75, 3.05) is 19.7 Å². The fourth-order valence-corrected chi connectivity index (χ4v) is 2.85. The van der Waals surface area contributed by atoms with E-state index in [1.807, 2.05) is 11.8 Å². The molecule has 1 heterocycles. The maximum absolute atomic E-state index is 11.5. The van der Waals surface area contributed by atoms with Crippen LogP contribution in [0.2, 0.25) is 0 Å². The third-order valence-electron chi connectivity index (χ3n) is 4.12. The van der Waals surface area contributed by atoms with Crippen LogP contribution >= 0.6 is 0 Å². The number of rotatable bonds is 2. The smallest absolute Gasteiger partial charge is 0.409 e. The minimum absolute atomic E-state index is 0.0841. The van der Waals surface area contributed by atoms with E-state index < -0.39 is 0 Å². The number of likely N-dealkylation sites (tertiary alicyclic amines) is 1. The van der Waals surface area contributed by atoms with E-state index in [2.05, 4.69) is 0 Å². The van der Waals surface area contributed by atoms with Gasteiger partial charge in [0.2, 0.25) is 0 Å². The highest BCUT2D eigenvalue weighted by Crippen LogP contribution is 2.40. The Labute approximate surface area is 97.1 Å². The van der Waals surface area contributed by atoms with Gasteiger partial charge in [0.25, 0.3) is 0 Å². The third-order valence-corrected chi connectivity index (χ3v) is 4.12. The van der Waals surface area contributed by atoms with Crippen molar-refractivity contribution in [3.63, 3.8) is 0 Å². The summed E-state index contributed by atoms with van der Waals surface area (Å²) in [6, 6.07) is 0. The second-order valence-electron chi connectivity index (χ2n) is 5.05. The highest BCUT2D eigenvalue weighted by atomic mass is 16.6. The Morgan fingerprint density at radius 2 is 2.06 bits per heavy atom. The lowest BCUT2D eigenvalue weighted by atomic mass is 9.66. The quantitative estimate of drug-likeness (QED) is 0.780. The van der Waals surface area contributed by atoms with Crippen LogP contribution in [0.15, 0.2) is 0 Å². The van der Waals surface area contributed by atoms with Crippen molar-refractivity contribution in [1.82, 2.24) is 4.90 Å². The van der Waals surface area contributed by atoms with Crippen LogP contribution in [0.4, 0.5) is 4.79 Å². The fraction of sp³-hybridized carbons (Fsp3) is 0.917. The van der Waals surface area contributed by atoms with Gasteiger partial charge in [-0.2, -0.15) is 0 Å². The zero-order valence-electron chi connectivity index (χ0n) is 10.1. The van der Waals surface area contributed by atoms with E-state index >= 15 is 0 Å². The lowest BCUT2D eigenvalue weighted by Crippen LogP contribution is -2.56. The number of amides is 1. The van der Waals surface area contributed by atoms with Crippen molar-refractivity contribution >= 4 is 6.09 Å². The SMILES string of the molecule is CCOC(=O)N1CCC(C2(N)CCC2)CC1. The molecule has 1 saturated carbocycles. The Hall–Kier alpha value is -0.770. The first kappa shape index (κ1) is 11.7. The molecule has 2 aliphatic rings. The molecule has 2 N–H and O–H groups in total. The Bertz CT molecular complexity index is 256. The van der Waals surface area contributed by atoms with Gasteiger partial charge in [0.15, 0.2) is 0 Å². The highest BCUT2D eigenvalue weighted by molar-refractivity contribution is 5.67. The molecule has 1 saturated heterocycles. The molecule has 2 rings (SSSR count). The summed E-state index contributed by atoms with van der Waals surface area (Å²) < 4.78 is 5.00. The van der Waals surface area contributed by atoms with Crippen LogP contribution in [0.1, 0.15) is 39.0 Å². The van der Waals surface area contributed by atoms with E-state index in [4.69, 9.17) is 10.5 Å². The van der Waals surface area contributed by atoms with Crippen LogP contribution in [-0.2, 0) is 4.74 Å². The second-order valence-corrected chi connectivity index (χ2v) is 5.05. The van der Waals surface area contributed by atoms with Gasteiger partial charge in [0.05, 0.1) is 6.61 Å². The number of hydrogen-bond donors (Lipinski definition) is 1. The predicted molar refractivity (Wildman–Crippen MR) is 62.1 cm³/mol. The zero-order chi connectivity index (χ0) is 11.6. The molecule has 2 fully saturated rings. The maximum atomic E-state index is 11.5. The summed E-state index contributed by atoms with van der Waals surface area (Å²) >= 11 is 0. The molecule has 0 bridgehead atoms. The molecule has 0 atom stereocenters. The van der Waals surface area contributed by atoms with Crippen molar-refractivity contribution in [2.45, 2.75) is 44.6 Å². The molecule has 0 aromatic heterocycles. The molecule has 4 nitrogen and oxygen atoms in total. The first-order chi connectivity index (χ1) is 7.65. The minimum atomic E-state index is -0.166. The molecular formula is C12H22N2O2. The van der Waals surface area contributed by atoms with Gasteiger partial charge in [-0.15, -0.1) is 0 Å². The first-order valence-corrected chi connectivity index (χ1v) is 6.36. The first-order valence-electron chi connectivity index (χ1n) is 6.36. The van der Waals surface area contributed by atoms with Gasteiger partial charge in [-0.25, -0.2) is 4.79 Å². The number of hydrogen-bond acceptors (Lipinski definition) is 3. The van der Waals surface area contributed by atoms with E-state index in [0.717, 1.165) is 38.8 Å². The summed E-state index contributed by atoms with van der Waals surface area (Å²) in [4.78, 5) is 13.3. The van der Waals surface area contributed by atoms with E-state index in [1.54, 1.807) is 0 Å². The Kier molecular flexibility index (Phi) is 3.38. The van der Waals surface area contributed by atoms with Gasteiger partial charge in [-0.3, -0.25) is 0 Å². The van der Waals surface area contributed by atoms with Gasteiger partial charge >= 0.3 is 6.09 Å². The Morgan fingerprint density at radius 3 is 2.50 bits per heavy atom. The molecule has 0 unspecified atom stereocenters. The molecule has 92 valence electrons. The maximum Gasteiger partial charge on any atom is 0.409 e. The van der Waals surface area contributed by atoms with Crippen molar-refractivity contribution in [3.8, 4) is 0 Å². The standard InChI is InChI=1S/C12H22N2O2/c1-2-16-11(15)14-8-4-10(5-9-14)12(13)6-3-7-12/h10H,2-9,13H2,1H3. The number of nitrogens with zero attached hydrogens (tertiary/aromatic N) is 1. The van der Waals surface area contributed by atoms with Gasteiger partial charge in [0.1, 0.15) is 0 Å². The average Bonchev–Trinajstić information content (AvgIpc) is 2.26. The van der Waals surface area contributed by atoms with Gasteiger partial charge in [-0.1, -0.05) is 0 Å². The number of ether oxygens (including phenoxy) is 1. The number of carbonyl (C=O) groups excluding carboxylic acids is 1. The Balaban J connectivity index is 1.80. The molecule has 1 aliphatic carbocycles. The minimum Gasteiger partial charge on any atom is -0.450 e. The zero-order valence-corrected chi connectivity index (χ0v) is 10.1. The number of nitrogens with two attached hydrogens (primary N) is 1. The van der Waals surface area contributed by atoms with Crippen molar-refractivity contribution in [2.24, 2.45) is 11.7 Å². The molecule has 0 radical (unpaired) electrons. The molecule has 4 heteroatoms. The molecule has 16 heavy (non-hydrogen) atoms. The summed E-state index contributed by atoms with van der Waals surface area (Å²) in [5, 5.41) is 0. The van der Waals surface area contributed by atoms with Crippen LogP contribution in [0, 0.1) is 5.92 Å². The van der Waals surface area contributed by atoms with E-state index in [9.17, 15) is 4.79 Å². The van der Waals surface area contributed by atoms with E-state index in [-0.39, 0.29) is 11.6 Å². The number of carbonyl (C=O) groups is 1. The molecule has 0 aromatic rings.